The third-order valence-electron chi connectivity index (χ3n) is 2.80. The van der Waals surface area contributed by atoms with Crippen LogP contribution in [0.2, 0.25) is 0 Å². The van der Waals surface area contributed by atoms with Crippen molar-refractivity contribution in [1.82, 2.24) is 20.3 Å². The standard InChI is InChI=1S/C15H16N4O2/c20-12-3-6-13-5-1-2-7-14(13)15(21)16-8-4-10-19-11-9-17-18-19/h1-2,5,7,9,11,20H,4,8,10,12H2,(H,16,21). The monoisotopic (exact) mass is 284 g/mol. The Bertz CT molecular complexity index is 641. The van der Waals surface area contributed by atoms with Crippen LogP contribution < -0.4 is 5.32 Å². The van der Waals surface area contributed by atoms with Gasteiger partial charge in [0.15, 0.2) is 0 Å². The van der Waals surface area contributed by atoms with Gasteiger partial charge in [-0.05, 0) is 18.6 Å². The summed E-state index contributed by atoms with van der Waals surface area (Å²) in [6.07, 6.45) is 4.16. The Kier molecular flexibility index (Phi) is 5.50. The van der Waals surface area contributed by atoms with E-state index < -0.39 is 0 Å². The molecule has 0 saturated carbocycles. The molecule has 1 aromatic heterocycles. The van der Waals surface area contributed by atoms with Gasteiger partial charge in [-0.1, -0.05) is 29.2 Å². The maximum Gasteiger partial charge on any atom is 0.252 e. The zero-order valence-corrected chi connectivity index (χ0v) is 11.5. The molecule has 0 spiro atoms. The van der Waals surface area contributed by atoms with Crippen molar-refractivity contribution in [1.29, 1.82) is 0 Å². The number of amides is 1. The average Bonchev–Trinajstić information content (AvgIpc) is 3.03. The SMILES string of the molecule is O=C(NCCCn1ccnn1)c1ccccc1C#CCO. The number of carbonyl (C=O) groups is 1. The molecule has 1 amide bonds. The maximum absolute atomic E-state index is 12.1. The first-order valence-electron chi connectivity index (χ1n) is 6.62. The molecular weight excluding hydrogens is 268 g/mol. The lowest BCUT2D eigenvalue weighted by atomic mass is 10.1. The smallest absolute Gasteiger partial charge is 0.252 e. The Morgan fingerprint density at radius 2 is 2.24 bits per heavy atom. The highest BCUT2D eigenvalue weighted by atomic mass is 16.2. The first-order valence-corrected chi connectivity index (χ1v) is 6.62. The van der Waals surface area contributed by atoms with Crippen molar-refractivity contribution < 1.29 is 9.90 Å². The largest absolute Gasteiger partial charge is 0.384 e. The van der Waals surface area contributed by atoms with Crippen LogP contribution in [0.25, 0.3) is 0 Å². The summed E-state index contributed by atoms with van der Waals surface area (Å²) < 4.78 is 1.72. The third kappa shape index (κ3) is 4.44. The van der Waals surface area contributed by atoms with E-state index in [9.17, 15) is 4.79 Å². The molecule has 0 saturated heterocycles. The minimum Gasteiger partial charge on any atom is -0.384 e. The molecule has 0 bridgehead atoms. The molecule has 2 N–H and O–H groups in total. The summed E-state index contributed by atoms with van der Waals surface area (Å²) in [5.41, 5.74) is 1.12. The van der Waals surface area contributed by atoms with E-state index in [-0.39, 0.29) is 12.5 Å². The molecule has 1 heterocycles. The van der Waals surface area contributed by atoms with E-state index in [1.54, 1.807) is 35.3 Å². The van der Waals surface area contributed by atoms with Crippen molar-refractivity contribution in [3.05, 3.63) is 47.8 Å². The Morgan fingerprint density at radius 1 is 1.38 bits per heavy atom. The number of nitrogens with zero attached hydrogens (tertiary/aromatic N) is 3. The van der Waals surface area contributed by atoms with Gasteiger partial charge >= 0.3 is 0 Å². The molecular formula is C15H16N4O2. The number of aliphatic hydroxyl groups is 1. The van der Waals surface area contributed by atoms with E-state index in [0.717, 1.165) is 6.42 Å². The molecule has 2 rings (SSSR count). The number of benzene rings is 1. The number of hydrogen-bond donors (Lipinski definition) is 2. The highest BCUT2D eigenvalue weighted by Crippen LogP contribution is 2.07. The fourth-order valence-electron chi connectivity index (χ4n) is 1.82. The summed E-state index contributed by atoms with van der Waals surface area (Å²) in [6, 6.07) is 7.07. The molecule has 0 unspecified atom stereocenters. The third-order valence-corrected chi connectivity index (χ3v) is 2.80. The normalized spacial score (nSPS) is 9.76. The van der Waals surface area contributed by atoms with E-state index in [4.69, 9.17) is 5.11 Å². The average molecular weight is 284 g/mol. The van der Waals surface area contributed by atoms with E-state index in [1.165, 1.54) is 0 Å². The van der Waals surface area contributed by atoms with Crippen molar-refractivity contribution in [3.8, 4) is 11.8 Å². The molecule has 0 aliphatic rings. The second kappa shape index (κ2) is 7.82. The number of aliphatic hydroxyl groups excluding tert-OH is 1. The van der Waals surface area contributed by atoms with Crippen LogP contribution in [0.5, 0.6) is 0 Å². The molecule has 0 radical (unpaired) electrons. The highest BCUT2D eigenvalue weighted by Gasteiger charge is 2.08. The van der Waals surface area contributed by atoms with Crippen LogP contribution in [-0.4, -0.2) is 39.2 Å². The first kappa shape index (κ1) is 14.8. The Balaban J connectivity index is 1.88. The predicted octanol–water partition coefficient (Wildman–Crippen LogP) is 0.442. The number of carbonyl (C=O) groups excluding carboxylic acids is 1. The molecule has 0 aliphatic heterocycles. The molecule has 6 heteroatoms. The van der Waals surface area contributed by atoms with Crippen LogP contribution >= 0.6 is 0 Å². The van der Waals surface area contributed by atoms with Crippen LogP contribution in [0.3, 0.4) is 0 Å². The van der Waals surface area contributed by atoms with E-state index in [0.29, 0.717) is 24.2 Å². The zero-order valence-electron chi connectivity index (χ0n) is 11.5. The fraction of sp³-hybridized carbons (Fsp3) is 0.267. The molecule has 6 nitrogen and oxygen atoms in total. The van der Waals surface area contributed by atoms with Gasteiger partial charge in [-0.15, -0.1) is 5.10 Å². The van der Waals surface area contributed by atoms with Gasteiger partial charge in [0.2, 0.25) is 0 Å². The maximum atomic E-state index is 12.1. The van der Waals surface area contributed by atoms with Crippen molar-refractivity contribution in [2.45, 2.75) is 13.0 Å². The second-order valence-electron chi connectivity index (χ2n) is 4.28. The van der Waals surface area contributed by atoms with E-state index in [2.05, 4.69) is 27.5 Å². The molecule has 1 aromatic carbocycles. The molecule has 2 aromatic rings. The van der Waals surface area contributed by atoms with Gasteiger partial charge < -0.3 is 10.4 Å². The van der Waals surface area contributed by atoms with Crippen molar-refractivity contribution in [2.24, 2.45) is 0 Å². The highest BCUT2D eigenvalue weighted by molar-refractivity contribution is 5.96. The molecule has 0 fully saturated rings. The van der Waals surface area contributed by atoms with Crippen LogP contribution in [-0.2, 0) is 6.54 Å². The van der Waals surface area contributed by atoms with Gasteiger partial charge in [-0.25, -0.2) is 0 Å². The van der Waals surface area contributed by atoms with Crippen LogP contribution in [0.15, 0.2) is 36.7 Å². The number of rotatable bonds is 5. The van der Waals surface area contributed by atoms with Crippen molar-refractivity contribution >= 4 is 5.91 Å². The summed E-state index contributed by atoms with van der Waals surface area (Å²) >= 11 is 0. The molecule has 0 atom stereocenters. The van der Waals surface area contributed by atoms with Crippen LogP contribution in [0, 0.1) is 11.8 Å². The predicted molar refractivity (Wildman–Crippen MR) is 77.4 cm³/mol. The molecule has 108 valence electrons. The second-order valence-corrected chi connectivity index (χ2v) is 4.28. The number of nitrogens with one attached hydrogen (secondary N) is 1. The summed E-state index contributed by atoms with van der Waals surface area (Å²) in [7, 11) is 0. The number of hydrogen-bond acceptors (Lipinski definition) is 4. The summed E-state index contributed by atoms with van der Waals surface area (Å²) in [5.74, 6) is 5.16. The van der Waals surface area contributed by atoms with Gasteiger partial charge in [-0.2, -0.15) is 0 Å². The lowest BCUT2D eigenvalue weighted by Gasteiger charge is -2.07. The summed E-state index contributed by atoms with van der Waals surface area (Å²) in [6.45, 7) is 1.01. The first-order chi connectivity index (χ1) is 10.3. The lowest BCUT2D eigenvalue weighted by molar-refractivity contribution is 0.0952. The quantitative estimate of drug-likeness (QED) is 0.617. The Labute approximate surface area is 122 Å². The Morgan fingerprint density at radius 3 is 3.00 bits per heavy atom. The van der Waals surface area contributed by atoms with Crippen LogP contribution in [0.1, 0.15) is 22.3 Å². The molecule has 0 aliphatic carbocycles. The minimum atomic E-state index is -0.228. The Hall–Kier alpha value is -2.65. The van der Waals surface area contributed by atoms with Gasteiger partial charge in [0, 0.05) is 24.8 Å². The van der Waals surface area contributed by atoms with Gasteiger partial charge in [0.25, 0.3) is 5.91 Å². The lowest BCUT2D eigenvalue weighted by Crippen LogP contribution is -2.26. The fourth-order valence-corrected chi connectivity index (χ4v) is 1.82. The van der Waals surface area contributed by atoms with Crippen molar-refractivity contribution in [3.63, 3.8) is 0 Å². The summed E-state index contributed by atoms with van der Waals surface area (Å²) in [5, 5.41) is 19.1. The van der Waals surface area contributed by atoms with E-state index in [1.807, 2.05) is 6.07 Å². The van der Waals surface area contributed by atoms with Gasteiger partial charge in [-0.3, -0.25) is 9.48 Å². The zero-order chi connectivity index (χ0) is 14.9. The topological polar surface area (TPSA) is 80.0 Å². The van der Waals surface area contributed by atoms with Crippen molar-refractivity contribution in [2.75, 3.05) is 13.2 Å². The van der Waals surface area contributed by atoms with Gasteiger partial charge in [0.1, 0.15) is 6.61 Å². The number of aryl methyl sites for hydroxylation is 1. The van der Waals surface area contributed by atoms with Crippen LogP contribution in [0.4, 0.5) is 0 Å². The van der Waals surface area contributed by atoms with Gasteiger partial charge in [0.05, 0.1) is 11.8 Å². The summed E-state index contributed by atoms with van der Waals surface area (Å²) in [4.78, 5) is 12.1. The minimum absolute atomic E-state index is 0.170. The number of aromatic nitrogens is 3. The molecule has 21 heavy (non-hydrogen) atoms. The van der Waals surface area contributed by atoms with E-state index >= 15 is 0 Å².